The fraction of sp³-hybridized carbons (Fsp3) is 0.667. The highest BCUT2D eigenvalue weighted by molar-refractivity contribution is 5.85. The molecule has 0 aliphatic carbocycles. The van der Waals surface area contributed by atoms with Crippen LogP contribution in [0.1, 0.15) is 26.7 Å². The van der Waals surface area contributed by atoms with Crippen molar-refractivity contribution in [2.45, 2.75) is 26.7 Å². The quantitative estimate of drug-likeness (QED) is 0.733. The van der Waals surface area contributed by atoms with Crippen molar-refractivity contribution in [1.82, 2.24) is 4.90 Å². The normalized spacial score (nSPS) is 23.5. The number of carbonyl (C=O) groups is 2. The number of piperidine rings is 1. The molecule has 1 heterocycles. The van der Waals surface area contributed by atoms with Gasteiger partial charge in [-0.2, -0.15) is 0 Å². The number of hydrogen-bond donors (Lipinski definition) is 1. The molecule has 1 unspecified atom stereocenters. The monoisotopic (exact) mass is 225 g/mol. The molecule has 1 atom stereocenters. The number of nitrogens with zero attached hydrogens (tertiary/aromatic N) is 1. The second kappa shape index (κ2) is 5.80. The third-order valence-electron chi connectivity index (χ3n) is 3.09. The van der Waals surface area contributed by atoms with Gasteiger partial charge in [0.05, 0.1) is 0 Å². The molecule has 0 spiro atoms. The standard InChI is InChI=1S/C12H19NO3/c1-3-10-8-13(7-5-11(10)14)6-4-9(2)12(15)16/h4,10H,3,5-8H2,1-2H3,(H,15,16)/b9-4-. The van der Waals surface area contributed by atoms with Crippen LogP contribution in [0.5, 0.6) is 0 Å². The Labute approximate surface area is 95.9 Å². The number of carboxylic acids is 1. The lowest BCUT2D eigenvalue weighted by Gasteiger charge is -2.30. The average Bonchev–Trinajstić information content (AvgIpc) is 2.27. The van der Waals surface area contributed by atoms with E-state index in [1.165, 1.54) is 0 Å². The van der Waals surface area contributed by atoms with Gasteiger partial charge in [0.25, 0.3) is 0 Å². The maximum atomic E-state index is 11.5. The summed E-state index contributed by atoms with van der Waals surface area (Å²) in [7, 11) is 0. The molecule has 0 amide bonds. The molecule has 0 saturated carbocycles. The average molecular weight is 225 g/mol. The number of Topliss-reactive ketones (excluding diaryl/α,β-unsaturated/α-hetero) is 1. The molecule has 0 radical (unpaired) electrons. The van der Waals surface area contributed by atoms with Gasteiger partial charge >= 0.3 is 5.97 Å². The highest BCUT2D eigenvalue weighted by atomic mass is 16.4. The van der Waals surface area contributed by atoms with Crippen LogP contribution in [0, 0.1) is 5.92 Å². The number of carboxylic acid groups (broad SMARTS) is 1. The van der Waals surface area contributed by atoms with Gasteiger partial charge in [0.1, 0.15) is 5.78 Å². The molecule has 1 saturated heterocycles. The van der Waals surface area contributed by atoms with Gasteiger partial charge in [0, 0.05) is 37.5 Å². The number of aliphatic carboxylic acids is 1. The van der Waals surface area contributed by atoms with E-state index in [2.05, 4.69) is 4.90 Å². The van der Waals surface area contributed by atoms with Crippen molar-refractivity contribution in [3.63, 3.8) is 0 Å². The number of rotatable bonds is 4. The number of carbonyl (C=O) groups excluding carboxylic acids is 1. The lowest BCUT2D eigenvalue weighted by atomic mass is 9.94. The zero-order valence-corrected chi connectivity index (χ0v) is 9.90. The first-order chi connectivity index (χ1) is 7.54. The molecular weight excluding hydrogens is 206 g/mol. The Bertz CT molecular complexity index is 309. The zero-order valence-electron chi connectivity index (χ0n) is 9.90. The van der Waals surface area contributed by atoms with Gasteiger partial charge in [-0.25, -0.2) is 4.79 Å². The Balaban J connectivity index is 2.48. The Kier molecular flexibility index (Phi) is 4.68. The molecule has 90 valence electrons. The molecule has 1 aliphatic rings. The summed E-state index contributed by atoms with van der Waals surface area (Å²) < 4.78 is 0. The molecule has 16 heavy (non-hydrogen) atoms. The van der Waals surface area contributed by atoms with Gasteiger partial charge in [0.15, 0.2) is 0 Å². The van der Waals surface area contributed by atoms with Crippen molar-refractivity contribution in [3.05, 3.63) is 11.6 Å². The summed E-state index contributed by atoms with van der Waals surface area (Å²) in [5.74, 6) is -0.398. The first-order valence-electron chi connectivity index (χ1n) is 5.69. The molecule has 1 fully saturated rings. The molecular formula is C12H19NO3. The van der Waals surface area contributed by atoms with Crippen molar-refractivity contribution < 1.29 is 14.7 Å². The molecule has 0 aromatic rings. The van der Waals surface area contributed by atoms with Crippen molar-refractivity contribution in [1.29, 1.82) is 0 Å². The van der Waals surface area contributed by atoms with E-state index in [-0.39, 0.29) is 5.92 Å². The van der Waals surface area contributed by atoms with Crippen molar-refractivity contribution in [2.75, 3.05) is 19.6 Å². The van der Waals surface area contributed by atoms with E-state index in [0.29, 0.717) is 24.3 Å². The van der Waals surface area contributed by atoms with Crippen LogP contribution in [-0.4, -0.2) is 41.4 Å². The van der Waals surface area contributed by atoms with E-state index >= 15 is 0 Å². The van der Waals surface area contributed by atoms with E-state index in [1.807, 2.05) is 6.92 Å². The zero-order chi connectivity index (χ0) is 12.1. The third kappa shape index (κ3) is 3.45. The van der Waals surface area contributed by atoms with E-state index in [1.54, 1.807) is 13.0 Å². The van der Waals surface area contributed by atoms with Gasteiger partial charge in [0.2, 0.25) is 0 Å². The highest BCUT2D eigenvalue weighted by Gasteiger charge is 2.24. The van der Waals surface area contributed by atoms with Crippen LogP contribution in [0.2, 0.25) is 0 Å². The highest BCUT2D eigenvalue weighted by Crippen LogP contribution is 2.15. The van der Waals surface area contributed by atoms with Gasteiger partial charge in [-0.15, -0.1) is 0 Å². The summed E-state index contributed by atoms with van der Waals surface area (Å²) in [6.07, 6.45) is 3.18. The molecule has 1 N–H and O–H groups in total. The molecule has 1 aliphatic heterocycles. The summed E-state index contributed by atoms with van der Waals surface area (Å²) >= 11 is 0. The maximum absolute atomic E-state index is 11.5. The largest absolute Gasteiger partial charge is 0.478 e. The van der Waals surface area contributed by atoms with Crippen LogP contribution in [0.4, 0.5) is 0 Å². The fourth-order valence-electron chi connectivity index (χ4n) is 1.85. The van der Waals surface area contributed by atoms with Crippen molar-refractivity contribution in [2.24, 2.45) is 5.92 Å². The SMILES string of the molecule is CCC1CN(C/C=C(/C)C(=O)O)CCC1=O. The minimum atomic E-state index is -0.875. The molecule has 0 bridgehead atoms. The van der Waals surface area contributed by atoms with E-state index in [4.69, 9.17) is 5.11 Å². The predicted octanol–water partition coefficient (Wildman–Crippen LogP) is 1.32. The summed E-state index contributed by atoms with van der Waals surface area (Å²) in [6.45, 7) is 5.75. The first kappa shape index (κ1) is 12.9. The lowest BCUT2D eigenvalue weighted by molar-refractivity contribution is -0.132. The summed E-state index contributed by atoms with van der Waals surface area (Å²) in [5.41, 5.74) is 0.366. The Morgan fingerprint density at radius 1 is 1.62 bits per heavy atom. The summed E-state index contributed by atoms with van der Waals surface area (Å²) in [6, 6.07) is 0. The van der Waals surface area contributed by atoms with Gasteiger partial charge in [-0.05, 0) is 13.3 Å². The van der Waals surface area contributed by atoms with Crippen molar-refractivity contribution in [3.8, 4) is 0 Å². The first-order valence-corrected chi connectivity index (χ1v) is 5.69. The van der Waals surface area contributed by atoms with Gasteiger partial charge in [-0.3, -0.25) is 9.69 Å². The molecule has 0 aromatic carbocycles. The Morgan fingerprint density at radius 2 is 2.31 bits per heavy atom. The summed E-state index contributed by atoms with van der Waals surface area (Å²) in [4.78, 5) is 24.2. The van der Waals surface area contributed by atoms with Crippen LogP contribution >= 0.6 is 0 Å². The lowest BCUT2D eigenvalue weighted by Crippen LogP contribution is -2.40. The Morgan fingerprint density at radius 3 is 2.88 bits per heavy atom. The second-order valence-corrected chi connectivity index (χ2v) is 4.27. The topological polar surface area (TPSA) is 57.6 Å². The van der Waals surface area contributed by atoms with Crippen LogP contribution in [-0.2, 0) is 9.59 Å². The summed E-state index contributed by atoms with van der Waals surface area (Å²) in [5, 5.41) is 8.71. The van der Waals surface area contributed by atoms with Gasteiger partial charge < -0.3 is 5.11 Å². The predicted molar refractivity (Wildman–Crippen MR) is 61.2 cm³/mol. The Hall–Kier alpha value is -1.16. The van der Waals surface area contributed by atoms with Gasteiger partial charge in [-0.1, -0.05) is 13.0 Å². The molecule has 4 heteroatoms. The van der Waals surface area contributed by atoms with Crippen LogP contribution in [0.3, 0.4) is 0 Å². The minimum Gasteiger partial charge on any atom is -0.478 e. The fourth-order valence-corrected chi connectivity index (χ4v) is 1.85. The van der Waals surface area contributed by atoms with E-state index in [9.17, 15) is 9.59 Å². The van der Waals surface area contributed by atoms with Crippen LogP contribution in [0.15, 0.2) is 11.6 Å². The van der Waals surface area contributed by atoms with E-state index < -0.39 is 5.97 Å². The number of likely N-dealkylation sites (tertiary alicyclic amines) is 1. The molecule has 0 aromatic heterocycles. The van der Waals surface area contributed by atoms with Crippen LogP contribution in [0.25, 0.3) is 0 Å². The molecule has 1 rings (SSSR count). The maximum Gasteiger partial charge on any atom is 0.330 e. The smallest absolute Gasteiger partial charge is 0.330 e. The van der Waals surface area contributed by atoms with E-state index in [0.717, 1.165) is 19.5 Å². The molecule has 4 nitrogen and oxygen atoms in total. The number of hydrogen-bond acceptors (Lipinski definition) is 3. The van der Waals surface area contributed by atoms with Crippen molar-refractivity contribution >= 4 is 11.8 Å². The minimum absolute atomic E-state index is 0.132. The third-order valence-corrected chi connectivity index (χ3v) is 3.09. The number of ketones is 1. The van der Waals surface area contributed by atoms with Crippen LogP contribution < -0.4 is 0 Å². The second-order valence-electron chi connectivity index (χ2n) is 4.27.